The van der Waals surface area contributed by atoms with Crippen LogP contribution in [-0.4, -0.2) is 18.3 Å². The van der Waals surface area contributed by atoms with E-state index in [0.29, 0.717) is 42.0 Å². The summed E-state index contributed by atoms with van der Waals surface area (Å²) in [6.07, 6.45) is 0. The van der Waals surface area contributed by atoms with Gasteiger partial charge in [0, 0.05) is 18.3 Å². The quantitative estimate of drug-likeness (QED) is 0.851. The maximum absolute atomic E-state index is 13.2. The van der Waals surface area contributed by atoms with Crippen LogP contribution in [0, 0.1) is 5.82 Å². The van der Waals surface area contributed by atoms with E-state index in [4.69, 9.17) is 26.2 Å². The SMILES string of the molecule is Oc1ccc(NCc2cc(Cl)c3c(c2)OCCO3)cc1F. The lowest BCUT2D eigenvalue weighted by Gasteiger charge is -2.20. The first-order chi connectivity index (χ1) is 10.1. The number of ether oxygens (including phenoxy) is 2. The predicted octanol–water partition coefficient (Wildman–Crippen LogP) is 3.57. The van der Waals surface area contributed by atoms with Gasteiger partial charge in [0.2, 0.25) is 0 Å². The average Bonchev–Trinajstić information content (AvgIpc) is 2.49. The van der Waals surface area contributed by atoms with Gasteiger partial charge in [-0.1, -0.05) is 11.6 Å². The van der Waals surface area contributed by atoms with Crippen molar-refractivity contribution in [2.24, 2.45) is 0 Å². The lowest BCUT2D eigenvalue weighted by atomic mass is 10.2. The minimum absolute atomic E-state index is 0.372. The molecule has 0 bridgehead atoms. The van der Waals surface area contributed by atoms with Crippen molar-refractivity contribution >= 4 is 17.3 Å². The van der Waals surface area contributed by atoms with Crippen LogP contribution in [0.3, 0.4) is 0 Å². The molecule has 0 amide bonds. The molecule has 0 unspecified atom stereocenters. The van der Waals surface area contributed by atoms with Gasteiger partial charge in [-0.05, 0) is 29.8 Å². The van der Waals surface area contributed by atoms with Gasteiger partial charge < -0.3 is 19.9 Å². The molecule has 21 heavy (non-hydrogen) atoms. The van der Waals surface area contributed by atoms with Crippen LogP contribution >= 0.6 is 11.6 Å². The number of phenolic OH excluding ortho intramolecular Hbond substituents is 1. The van der Waals surface area contributed by atoms with Crippen molar-refractivity contribution < 1.29 is 19.0 Å². The van der Waals surface area contributed by atoms with Crippen LogP contribution in [0.2, 0.25) is 5.02 Å². The van der Waals surface area contributed by atoms with Crippen LogP contribution in [0.25, 0.3) is 0 Å². The summed E-state index contributed by atoms with van der Waals surface area (Å²) >= 11 is 6.15. The van der Waals surface area contributed by atoms with E-state index in [2.05, 4.69) is 5.32 Å². The first kappa shape index (κ1) is 13.8. The minimum atomic E-state index is -0.666. The molecule has 0 fully saturated rings. The van der Waals surface area contributed by atoms with Crippen molar-refractivity contribution in [3.63, 3.8) is 0 Å². The number of hydrogen-bond donors (Lipinski definition) is 2. The first-order valence-corrected chi connectivity index (χ1v) is 6.81. The Morgan fingerprint density at radius 2 is 2.00 bits per heavy atom. The maximum Gasteiger partial charge on any atom is 0.179 e. The van der Waals surface area contributed by atoms with Crippen LogP contribution < -0.4 is 14.8 Å². The van der Waals surface area contributed by atoms with E-state index in [0.717, 1.165) is 5.56 Å². The zero-order valence-corrected chi connectivity index (χ0v) is 11.8. The molecular weight excluding hydrogens is 297 g/mol. The summed E-state index contributed by atoms with van der Waals surface area (Å²) in [5.74, 6) is 0.132. The lowest BCUT2D eigenvalue weighted by Crippen LogP contribution is -2.16. The topological polar surface area (TPSA) is 50.7 Å². The molecule has 2 N–H and O–H groups in total. The Balaban J connectivity index is 1.76. The molecule has 1 heterocycles. The van der Waals surface area contributed by atoms with E-state index in [1.165, 1.54) is 12.1 Å². The third-order valence-electron chi connectivity index (χ3n) is 3.10. The number of anilines is 1. The summed E-state index contributed by atoms with van der Waals surface area (Å²) in [6, 6.07) is 7.74. The molecule has 0 radical (unpaired) electrons. The summed E-state index contributed by atoms with van der Waals surface area (Å²) in [7, 11) is 0. The van der Waals surface area contributed by atoms with Gasteiger partial charge in [0.25, 0.3) is 0 Å². The first-order valence-electron chi connectivity index (χ1n) is 6.44. The van der Waals surface area contributed by atoms with E-state index in [1.807, 2.05) is 6.07 Å². The van der Waals surface area contributed by atoms with Gasteiger partial charge in [-0.3, -0.25) is 0 Å². The monoisotopic (exact) mass is 309 g/mol. The Morgan fingerprint density at radius 3 is 2.81 bits per heavy atom. The molecule has 0 spiro atoms. The molecule has 0 aromatic heterocycles. The van der Waals surface area contributed by atoms with Crippen LogP contribution in [0.15, 0.2) is 30.3 Å². The van der Waals surface area contributed by atoms with E-state index in [1.54, 1.807) is 12.1 Å². The Morgan fingerprint density at radius 1 is 1.19 bits per heavy atom. The highest BCUT2D eigenvalue weighted by Crippen LogP contribution is 2.38. The summed E-state index contributed by atoms with van der Waals surface area (Å²) in [4.78, 5) is 0. The van der Waals surface area contributed by atoms with Crippen molar-refractivity contribution in [3.05, 3.63) is 46.7 Å². The fourth-order valence-corrected chi connectivity index (χ4v) is 2.38. The molecule has 0 saturated carbocycles. The highest BCUT2D eigenvalue weighted by molar-refractivity contribution is 6.32. The molecule has 0 atom stereocenters. The summed E-state index contributed by atoms with van der Waals surface area (Å²) < 4.78 is 24.2. The predicted molar refractivity (Wildman–Crippen MR) is 77.8 cm³/mol. The van der Waals surface area contributed by atoms with Gasteiger partial charge >= 0.3 is 0 Å². The van der Waals surface area contributed by atoms with Gasteiger partial charge in [0.05, 0.1) is 5.02 Å². The number of hydrogen-bond acceptors (Lipinski definition) is 4. The van der Waals surface area contributed by atoms with Gasteiger partial charge in [-0.25, -0.2) is 4.39 Å². The van der Waals surface area contributed by atoms with Gasteiger partial charge in [0.1, 0.15) is 13.2 Å². The zero-order chi connectivity index (χ0) is 14.8. The fourth-order valence-electron chi connectivity index (χ4n) is 2.09. The molecule has 1 aliphatic heterocycles. The van der Waals surface area contributed by atoms with Crippen molar-refractivity contribution in [3.8, 4) is 17.2 Å². The zero-order valence-electron chi connectivity index (χ0n) is 11.0. The van der Waals surface area contributed by atoms with Crippen molar-refractivity contribution in [2.45, 2.75) is 6.54 Å². The largest absolute Gasteiger partial charge is 0.505 e. The molecular formula is C15H13ClFNO3. The number of benzene rings is 2. The summed E-state index contributed by atoms with van der Waals surface area (Å²) in [5, 5.41) is 12.7. The fraction of sp³-hybridized carbons (Fsp3) is 0.200. The molecule has 6 heteroatoms. The maximum atomic E-state index is 13.2. The van der Waals surface area contributed by atoms with Gasteiger partial charge in [-0.15, -0.1) is 0 Å². The Hall–Kier alpha value is -2.14. The standard InChI is InChI=1S/C15H13ClFNO3/c16-11-5-9(6-14-15(11)21-4-3-20-14)8-18-10-1-2-13(19)12(17)7-10/h1-2,5-7,18-19H,3-4,8H2. The normalized spacial score (nSPS) is 13.0. The van der Waals surface area contributed by atoms with Gasteiger partial charge in [0.15, 0.2) is 23.1 Å². The number of halogens is 2. The smallest absolute Gasteiger partial charge is 0.179 e. The second kappa shape index (κ2) is 5.69. The summed E-state index contributed by atoms with van der Waals surface area (Å²) in [6.45, 7) is 1.42. The minimum Gasteiger partial charge on any atom is -0.505 e. The number of nitrogens with one attached hydrogen (secondary N) is 1. The van der Waals surface area contributed by atoms with Crippen LogP contribution in [0.1, 0.15) is 5.56 Å². The molecule has 0 saturated heterocycles. The summed E-state index contributed by atoms with van der Waals surface area (Å²) in [5.41, 5.74) is 1.45. The van der Waals surface area contributed by atoms with Crippen molar-refractivity contribution in [2.75, 3.05) is 18.5 Å². The number of phenols is 1. The number of aromatic hydroxyl groups is 1. The number of rotatable bonds is 3. The molecule has 0 aliphatic carbocycles. The van der Waals surface area contributed by atoms with Crippen LogP contribution in [0.4, 0.5) is 10.1 Å². The Bertz CT molecular complexity index is 678. The second-order valence-electron chi connectivity index (χ2n) is 4.62. The number of fused-ring (bicyclic) bond motifs is 1. The third kappa shape index (κ3) is 2.97. The van der Waals surface area contributed by atoms with E-state index >= 15 is 0 Å². The third-order valence-corrected chi connectivity index (χ3v) is 3.38. The van der Waals surface area contributed by atoms with Gasteiger partial charge in [-0.2, -0.15) is 0 Å². The molecule has 2 aromatic rings. The van der Waals surface area contributed by atoms with Crippen molar-refractivity contribution in [1.29, 1.82) is 0 Å². The average molecular weight is 310 g/mol. The van der Waals surface area contributed by atoms with Crippen LogP contribution in [-0.2, 0) is 6.54 Å². The molecule has 3 rings (SSSR count). The second-order valence-corrected chi connectivity index (χ2v) is 5.03. The van der Waals surface area contributed by atoms with E-state index < -0.39 is 5.82 Å². The molecule has 1 aliphatic rings. The Labute approximate surface area is 126 Å². The molecule has 4 nitrogen and oxygen atoms in total. The van der Waals surface area contributed by atoms with E-state index in [9.17, 15) is 4.39 Å². The van der Waals surface area contributed by atoms with Crippen molar-refractivity contribution in [1.82, 2.24) is 0 Å². The molecule has 110 valence electrons. The lowest BCUT2D eigenvalue weighted by molar-refractivity contribution is 0.171. The van der Waals surface area contributed by atoms with Crippen LogP contribution in [0.5, 0.6) is 17.2 Å². The van der Waals surface area contributed by atoms with E-state index in [-0.39, 0.29) is 5.75 Å². The Kier molecular flexibility index (Phi) is 3.75. The molecule has 2 aromatic carbocycles. The highest BCUT2D eigenvalue weighted by atomic mass is 35.5. The highest BCUT2D eigenvalue weighted by Gasteiger charge is 2.16.